The van der Waals surface area contributed by atoms with Gasteiger partial charge in [0.25, 0.3) is 31.9 Å². The number of nitrogens with zero attached hydrogens (tertiary/aromatic N) is 7. The van der Waals surface area contributed by atoms with Crippen LogP contribution in [-0.2, 0) is 53.9 Å². The molecule has 0 aliphatic carbocycles. The number of hydrogen-bond donors (Lipinski definition) is 3. The number of ether oxygens (including phenoxy) is 3. The van der Waals surface area contributed by atoms with Crippen LogP contribution >= 0.6 is 34.3 Å². The van der Waals surface area contributed by atoms with Gasteiger partial charge in [0.1, 0.15) is 38.0 Å². The number of rotatable bonds is 18. The molecule has 1 unspecified atom stereocenters. The maximum atomic E-state index is 13.8. The number of amides is 3. The van der Waals surface area contributed by atoms with Gasteiger partial charge in [0, 0.05) is 81.4 Å². The first kappa shape index (κ1) is 72.3. The number of hydrogen-bond acceptors (Lipinski definition) is 18. The number of nitrogens with one attached hydrogen (secondary N) is 1. The van der Waals surface area contributed by atoms with Crippen LogP contribution in [0.2, 0.25) is 5.02 Å². The highest BCUT2D eigenvalue weighted by atomic mass is 35.5. The zero-order chi connectivity index (χ0) is 67.7. The topological polar surface area (TPSA) is 256 Å². The van der Waals surface area contributed by atoms with Gasteiger partial charge < -0.3 is 19.1 Å². The van der Waals surface area contributed by atoms with E-state index in [4.69, 9.17) is 25.8 Å². The number of benzene rings is 4. The minimum absolute atomic E-state index is 0.0173. The van der Waals surface area contributed by atoms with Crippen LogP contribution in [0.15, 0.2) is 171 Å². The van der Waals surface area contributed by atoms with Crippen molar-refractivity contribution in [1.82, 2.24) is 38.2 Å². The second kappa shape index (κ2) is 33.8. The molecule has 95 heavy (non-hydrogen) atoms. The zero-order valence-corrected chi connectivity index (χ0v) is 57.7. The predicted molar refractivity (Wildman–Crippen MR) is 364 cm³/mol. The Hall–Kier alpha value is -6.95. The number of carbonyl (C=O) groups excluding carboxylic acids is 3. The summed E-state index contributed by atoms with van der Waals surface area (Å²) in [5.41, 5.74) is 4.10. The number of halogens is 1. The summed E-state index contributed by atoms with van der Waals surface area (Å²) in [6.07, 6.45) is 11.2. The lowest BCUT2D eigenvalue weighted by Crippen LogP contribution is -2.52. The first-order valence-electron chi connectivity index (χ1n) is 30.8. The molecule has 28 heteroatoms. The molecule has 3 atom stereocenters. The lowest BCUT2D eigenvalue weighted by Gasteiger charge is -2.33. The molecule has 2 fully saturated rings. The third kappa shape index (κ3) is 19.9. The van der Waals surface area contributed by atoms with Crippen molar-refractivity contribution in [3.8, 4) is 33.8 Å². The summed E-state index contributed by atoms with van der Waals surface area (Å²) >= 11 is 8.18. The Kier molecular flexibility index (Phi) is 25.7. The molecule has 6 aromatic rings. The van der Waals surface area contributed by atoms with Crippen LogP contribution in [0.3, 0.4) is 0 Å². The molecule has 5 aliphatic heterocycles. The summed E-state index contributed by atoms with van der Waals surface area (Å²) in [6.45, 7) is 11.2. The number of morpholine rings is 2. The predicted octanol–water partition coefficient (Wildman–Crippen LogP) is 8.12. The average Bonchev–Trinajstić information content (AvgIpc) is 1.77. The molecule has 22 nitrogen and oxygen atoms in total. The Morgan fingerprint density at radius 2 is 1.07 bits per heavy atom. The molecule has 4 aromatic carbocycles. The summed E-state index contributed by atoms with van der Waals surface area (Å²) in [6, 6.07) is 32.3. The zero-order valence-electron chi connectivity index (χ0n) is 52.8. The Balaban J connectivity index is 0.000000170. The molecule has 0 radical (unpaired) electrons. The molecule has 0 spiro atoms. The minimum Gasteiger partial charge on any atom is -0.457 e. The molecule has 3 N–H and O–H groups in total. The monoisotopic (exact) mass is 1410 g/mol. The molecule has 5 aliphatic rings. The van der Waals surface area contributed by atoms with Gasteiger partial charge in [-0.1, -0.05) is 107 Å². The van der Waals surface area contributed by atoms with Crippen molar-refractivity contribution in [2.24, 2.45) is 0 Å². The largest absolute Gasteiger partial charge is 0.457 e. The first-order chi connectivity index (χ1) is 45.5. The first-order valence-corrected chi connectivity index (χ1v) is 37.2. The Morgan fingerprint density at radius 3 is 1.66 bits per heavy atom. The van der Waals surface area contributed by atoms with Gasteiger partial charge in [-0.25, -0.2) is 35.4 Å². The van der Waals surface area contributed by atoms with E-state index in [1.807, 2.05) is 74.5 Å². The van der Waals surface area contributed by atoms with Crippen molar-refractivity contribution in [3.05, 3.63) is 184 Å². The Morgan fingerprint density at radius 1 is 0.568 bits per heavy atom. The summed E-state index contributed by atoms with van der Waals surface area (Å²) in [5.74, 6) is 5.70. The van der Waals surface area contributed by atoms with E-state index < -0.39 is 60.0 Å². The van der Waals surface area contributed by atoms with Gasteiger partial charge in [0.2, 0.25) is 15.9 Å². The van der Waals surface area contributed by atoms with Crippen LogP contribution in [-0.4, -0.2) is 210 Å². The van der Waals surface area contributed by atoms with Gasteiger partial charge >= 0.3 is 0 Å². The molecule has 3 amide bonds. The molecule has 0 bridgehead atoms. The van der Waals surface area contributed by atoms with E-state index in [-0.39, 0.29) is 58.2 Å². The summed E-state index contributed by atoms with van der Waals surface area (Å²) in [7, 11) is -10.1. The SMILES string of the molecule is Cc1ccc(-c2ccc(S(=O)(=O)N[C@@H]3CC=CCN(O)C3=O)s2)cc1.Cc1ccc(C#Cc2ccc(S(=O)(=O)N(CCN3CCOCC3)C3CC=CCN(C)C3=O)s2)cc1.O=C1[C@H](N(CCN2CCOCC2)S(=O)(=O)c2ccc(Oc3ccc(Cl)cc3)cc2)CC=CCN1O. The minimum atomic E-state index is -4.06. The number of aryl methyl sites for hydroxylation is 2. The smallest absolute Gasteiger partial charge is 0.264 e. The second-order valence-corrected chi connectivity index (χ2v) is 31.3. The highest BCUT2D eigenvalue weighted by molar-refractivity contribution is 7.92. The summed E-state index contributed by atoms with van der Waals surface area (Å²) in [5, 5.41) is 21.3. The van der Waals surface area contributed by atoms with E-state index in [1.54, 1.807) is 90.8 Å². The van der Waals surface area contributed by atoms with Crippen molar-refractivity contribution in [2.75, 3.05) is 105 Å². The highest BCUT2D eigenvalue weighted by Gasteiger charge is 2.40. The van der Waals surface area contributed by atoms with Crippen molar-refractivity contribution in [2.45, 2.75) is 64.5 Å². The molecular formula is C67H77ClN8O14S5. The Labute approximate surface area is 568 Å². The molecule has 506 valence electrons. The van der Waals surface area contributed by atoms with Crippen LogP contribution < -0.4 is 9.46 Å². The van der Waals surface area contributed by atoms with Gasteiger partial charge in [-0.3, -0.25) is 34.6 Å². The van der Waals surface area contributed by atoms with Crippen molar-refractivity contribution in [1.29, 1.82) is 0 Å². The molecule has 11 rings (SSSR count). The van der Waals surface area contributed by atoms with Gasteiger partial charge in [-0.05, 0) is 124 Å². The van der Waals surface area contributed by atoms with E-state index >= 15 is 0 Å². The summed E-state index contributed by atoms with van der Waals surface area (Å²) in [4.78, 5) is 45.4. The number of carbonyl (C=O) groups is 3. The van der Waals surface area contributed by atoms with E-state index in [1.165, 1.54) is 26.8 Å². The van der Waals surface area contributed by atoms with E-state index in [2.05, 4.69) is 26.4 Å². The lowest BCUT2D eigenvalue weighted by atomic mass is 10.1. The van der Waals surface area contributed by atoms with Crippen LogP contribution in [0.5, 0.6) is 11.5 Å². The lowest BCUT2D eigenvalue weighted by molar-refractivity contribution is -0.166. The van der Waals surface area contributed by atoms with Crippen LogP contribution in [0.4, 0.5) is 0 Å². The number of sulfonamides is 3. The highest BCUT2D eigenvalue weighted by Crippen LogP contribution is 2.33. The third-order valence-corrected chi connectivity index (χ3v) is 24.6. The van der Waals surface area contributed by atoms with Crippen LogP contribution in [0.1, 0.15) is 40.8 Å². The number of thiophene rings is 2. The molecule has 2 aromatic heterocycles. The maximum absolute atomic E-state index is 13.8. The molecule has 2 saturated heterocycles. The van der Waals surface area contributed by atoms with Gasteiger partial charge in [0.05, 0.1) is 49.3 Å². The quantitative estimate of drug-likeness (QED) is 0.0417. The van der Waals surface area contributed by atoms with E-state index in [9.17, 15) is 50.1 Å². The summed E-state index contributed by atoms with van der Waals surface area (Å²) < 4.78 is 102. The van der Waals surface area contributed by atoms with Crippen molar-refractivity contribution >= 4 is 82.1 Å². The van der Waals surface area contributed by atoms with Gasteiger partial charge in [0.15, 0.2) is 0 Å². The maximum Gasteiger partial charge on any atom is 0.264 e. The van der Waals surface area contributed by atoms with E-state index in [0.717, 1.165) is 62.9 Å². The van der Waals surface area contributed by atoms with Gasteiger partial charge in [-0.2, -0.15) is 13.3 Å². The molecular weight excluding hydrogens is 1340 g/mol. The number of likely N-dealkylation sites (N-methyl/N-ethyl adjacent to an activating group) is 1. The van der Waals surface area contributed by atoms with E-state index in [0.29, 0.717) is 97.1 Å². The normalized spacial score (nSPS) is 19.3. The standard InChI is InChI=1S/C26H31N3O4S2.C24H28ClN3O6S.C17H18N2O4S2/c1-21-6-8-22(9-7-21)10-11-23-12-13-25(34-23)35(31,32)29(16-15-28-17-19-33-20-18-28)24-5-3-4-14-27(2)26(24)30;25-19-4-6-20(7-5-19)34-21-8-10-22(11-9-21)35(31,32)28(14-13-26-15-17-33-18-16-26)23-3-1-2-12-27(30)24(23)29;1-12-5-7-13(8-6-12)15-9-10-16(24-15)25(22,23)18-14-4-2-3-11-19(21)17(14)20/h3-4,6-9,12-13,24H,5,14-20H2,1-2H3;1-2,4-11,23,30H,3,12-18H2;2-3,5-10,14,18,21H,4,11H2,1H3/t;23-;14-/m.11/s1. The molecule has 0 saturated carbocycles. The fourth-order valence-electron chi connectivity index (χ4n) is 10.5. The van der Waals surface area contributed by atoms with Crippen LogP contribution in [0.25, 0.3) is 10.4 Å². The fourth-order valence-corrected chi connectivity index (χ4v) is 17.6. The van der Waals surface area contributed by atoms with Gasteiger partial charge in [-0.15, -0.1) is 22.7 Å². The third-order valence-electron chi connectivity index (χ3n) is 15.9. The fraction of sp³-hybridized carbons (Fsp3) is 0.358. The molecule has 7 heterocycles. The van der Waals surface area contributed by atoms with Crippen molar-refractivity contribution in [3.63, 3.8) is 0 Å². The Bertz CT molecular complexity index is 4090. The second-order valence-electron chi connectivity index (χ2n) is 22.8. The van der Waals surface area contributed by atoms with Crippen molar-refractivity contribution < 1.29 is 64.3 Å². The van der Waals surface area contributed by atoms with Crippen LogP contribution in [0, 0.1) is 25.7 Å². The average molecular weight is 1410 g/mol. The number of hydroxylamine groups is 4.